The van der Waals surface area contributed by atoms with E-state index in [1.165, 1.54) is 31.3 Å². The first-order chi connectivity index (χ1) is 13.0. The number of carbonyl (C=O) groups excluding carboxylic acids is 2. The Morgan fingerprint density at radius 2 is 2.00 bits per heavy atom. The third kappa shape index (κ3) is 1.94. The molecule has 1 heterocycles. The maximum absolute atomic E-state index is 12.1. The molecule has 5 fully saturated rings. The Hall–Kier alpha value is -1.12. The highest BCUT2D eigenvalue weighted by Crippen LogP contribution is 2.79. The van der Waals surface area contributed by atoms with Gasteiger partial charge in [-0.25, -0.2) is 0 Å². The fourth-order valence-corrected chi connectivity index (χ4v) is 9.13. The van der Waals surface area contributed by atoms with E-state index in [0.29, 0.717) is 30.0 Å². The number of hydrogen-bond acceptors (Lipinski definition) is 3. The highest BCUT2D eigenvalue weighted by atomic mass is 16.6. The number of rotatable bonds is 1. The Morgan fingerprint density at radius 3 is 2.74 bits per heavy atom. The van der Waals surface area contributed by atoms with Crippen LogP contribution in [-0.4, -0.2) is 17.4 Å². The third-order valence-corrected chi connectivity index (χ3v) is 10.1. The van der Waals surface area contributed by atoms with Crippen molar-refractivity contribution in [3.05, 3.63) is 11.6 Å². The number of allylic oxidation sites excluding steroid dienone is 1. The van der Waals surface area contributed by atoms with Gasteiger partial charge in [-0.2, -0.15) is 0 Å². The van der Waals surface area contributed by atoms with Crippen LogP contribution in [0.1, 0.15) is 71.6 Å². The minimum atomic E-state index is -0.138. The summed E-state index contributed by atoms with van der Waals surface area (Å²) in [6.45, 7) is 4.84. The van der Waals surface area contributed by atoms with Crippen LogP contribution in [0, 0.1) is 46.8 Å². The Bertz CT molecular complexity index is 753. The topological polar surface area (TPSA) is 43.4 Å². The summed E-state index contributed by atoms with van der Waals surface area (Å²) in [7, 11) is 0. The quantitative estimate of drug-likeness (QED) is 0.630. The lowest BCUT2D eigenvalue weighted by Crippen LogP contribution is -2.56. The van der Waals surface area contributed by atoms with Crippen molar-refractivity contribution in [1.82, 2.24) is 0 Å². The zero-order chi connectivity index (χ0) is 18.6. The van der Waals surface area contributed by atoms with Gasteiger partial charge in [0.15, 0.2) is 5.78 Å². The summed E-state index contributed by atoms with van der Waals surface area (Å²) in [6.07, 6.45) is 11.6. The van der Waals surface area contributed by atoms with E-state index in [2.05, 4.69) is 13.8 Å². The highest BCUT2D eigenvalue weighted by Gasteiger charge is 2.79. The van der Waals surface area contributed by atoms with E-state index in [0.717, 1.165) is 49.4 Å². The van der Waals surface area contributed by atoms with Crippen molar-refractivity contribution in [1.29, 1.82) is 0 Å². The summed E-state index contributed by atoms with van der Waals surface area (Å²) in [4.78, 5) is 24.2. The molecule has 0 aromatic heterocycles. The molecular weight excluding hydrogens is 336 g/mol. The van der Waals surface area contributed by atoms with Crippen LogP contribution in [0.4, 0.5) is 0 Å². The molecule has 3 nitrogen and oxygen atoms in total. The summed E-state index contributed by atoms with van der Waals surface area (Å²) in [5.74, 6) is 5.47. The molecule has 27 heavy (non-hydrogen) atoms. The lowest BCUT2D eigenvalue weighted by Gasteiger charge is -2.59. The van der Waals surface area contributed by atoms with E-state index >= 15 is 0 Å². The molecule has 0 amide bonds. The number of ketones is 1. The van der Waals surface area contributed by atoms with Gasteiger partial charge in [-0.05, 0) is 80.1 Å². The maximum Gasteiger partial charge on any atom is 0.306 e. The smallest absolute Gasteiger partial charge is 0.306 e. The second kappa shape index (κ2) is 5.27. The molecule has 9 atom stereocenters. The molecule has 0 aromatic carbocycles. The summed E-state index contributed by atoms with van der Waals surface area (Å²) < 4.78 is 6.21. The van der Waals surface area contributed by atoms with Crippen LogP contribution in [0.3, 0.4) is 0 Å². The predicted octanol–water partition coefficient (Wildman–Crippen LogP) is 4.70. The van der Waals surface area contributed by atoms with Crippen molar-refractivity contribution in [2.45, 2.75) is 77.2 Å². The molecule has 4 saturated carbocycles. The second-order valence-corrected chi connectivity index (χ2v) is 10.8. The lowest BCUT2D eigenvalue weighted by atomic mass is 9.46. The molecule has 0 bridgehead atoms. The van der Waals surface area contributed by atoms with Crippen LogP contribution < -0.4 is 0 Å². The van der Waals surface area contributed by atoms with Crippen molar-refractivity contribution in [2.24, 2.45) is 46.8 Å². The molecule has 1 saturated heterocycles. The van der Waals surface area contributed by atoms with E-state index < -0.39 is 0 Å². The van der Waals surface area contributed by atoms with Crippen molar-refractivity contribution in [2.75, 3.05) is 0 Å². The zero-order valence-electron chi connectivity index (χ0n) is 16.7. The highest BCUT2D eigenvalue weighted by molar-refractivity contribution is 5.91. The van der Waals surface area contributed by atoms with Gasteiger partial charge in [-0.15, -0.1) is 0 Å². The predicted molar refractivity (Wildman–Crippen MR) is 102 cm³/mol. The molecule has 0 radical (unpaired) electrons. The lowest BCUT2D eigenvalue weighted by molar-refractivity contribution is -0.177. The Morgan fingerprint density at radius 1 is 1.15 bits per heavy atom. The fraction of sp³-hybridized carbons (Fsp3) is 0.833. The molecule has 6 unspecified atom stereocenters. The van der Waals surface area contributed by atoms with Crippen molar-refractivity contribution >= 4 is 11.8 Å². The van der Waals surface area contributed by atoms with Crippen LogP contribution >= 0.6 is 0 Å². The molecule has 0 N–H and O–H groups in total. The number of ether oxygens (including phenoxy) is 1. The maximum atomic E-state index is 12.1. The molecule has 1 aliphatic heterocycles. The molecular formula is C24H32O3. The van der Waals surface area contributed by atoms with Crippen LogP contribution in [0.5, 0.6) is 0 Å². The zero-order valence-corrected chi connectivity index (χ0v) is 16.7. The molecule has 1 spiro atoms. The van der Waals surface area contributed by atoms with E-state index in [1.807, 2.05) is 6.08 Å². The monoisotopic (exact) mass is 368 g/mol. The average Bonchev–Trinajstić information content (AvgIpc) is 3.29. The largest absolute Gasteiger partial charge is 0.458 e. The first-order valence-electron chi connectivity index (χ1n) is 11.4. The molecule has 146 valence electrons. The number of hydrogen-bond donors (Lipinski definition) is 0. The Balaban J connectivity index is 1.41. The SMILES string of the molecule is CCC1CC2=CC(=O)CC[C@@H]2C2CC[C@@]3(C)C(C4CC4[C@@]34CCC(=O)O4)C12. The number of esters is 1. The minimum absolute atomic E-state index is 0.0522. The van der Waals surface area contributed by atoms with Gasteiger partial charge in [0.05, 0.1) is 0 Å². The van der Waals surface area contributed by atoms with Gasteiger partial charge in [-0.3, -0.25) is 9.59 Å². The number of fused-ring (bicyclic) bond motifs is 9. The Kier molecular flexibility index (Phi) is 3.28. The van der Waals surface area contributed by atoms with Crippen LogP contribution in [-0.2, 0) is 14.3 Å². The van der Waals surface area contributed by atoms with E-state index in [1.54, 1.807) is 0 Å². The standard InChI is InChI=1S/C24H32O3/c1-3-13-10-14-11-15(25)4-5-16(14)17-6-8-23(2)22(21(13)17)18-12-19(18)24(23)9-7-20(26)27-24/h11,13,16-19,21-22H,3-10,12H2,1-2H3/t13?,16-,17?,18?,19?,21?,22?,23-,24-/m0/s1. The molecule has 6 aliphatic rings. The second-order valence-electron chi connectivity index (χ2n) is 10.8. The summed E-state index contributed by atoms with van der Waals surface area (Å²) in [5, 5.41) is 0. The van der Waals surface area contributed by atoms with Crippen LogP contribution in [0.2, 0.25) is 0 Å². The summed E-state index contributed by atoms with van der Waals surface area (Å²) in [5.41, 5.74) is 1.53. The van der Waals surface area contributed by atoms with Crippen LogP contribution in [0.25, 0.3) is 0 Å². The van der Waals surface area contributed by atoms with Gasteiger partial charge in [-0.1, -0.05) is 25.8 Å². The molecule has 0 aromatic rings. The van der Waals surface area contributed by atoms with Crippen molar-refractivity contribution in [3.8, 4) is 0 Å². The molecule has 6 rings (SSSR count). The normalized spacial score (nSPS) is 55.3. The van der Waals surface area contributed by atoms with Crippen molar-refractivity contribution < 1.29 is 14.3 Å². The fourth-order valence-electron chi connectivity index (χ4n) is 9.13. The molecule has 5 aliphatic carbocycles. The van der Waals surface area contributed by atoms with Crippen LogP contribution in [0.15, 0.2) is 11.6 Å². The van der Waals surface area contributed by atoms with E-state index in [-0.39, 0.29) is 17.0 Å². The van der Waals surface area contributed by atoms with Gasteiger partial charge in [0, 0.05) is 24.2 Å². The van der Waals surface area contributed by atoms with Gasteiger partial charge >= 0.3 is 5.97 Å². The van der Waals surface area contributed by atoms with Crippen molar-refractivity contribution in [3.63, 3.8) is 0 Å². The van der Waals surface area contributed by atoms with Gasteiger partial charge in [0.1, 0.15) is 5.60 Å². The first kappa shape index (κ1) is 16.8. The van der Waals surface area contributed by atoms with E-state index in [9.17, 15) is 9.59 Å². The minimum Gasteiger partial charge on any atom is -0.458 e. The third-order valence-electron chi connectivity index (χ3n) is 10.1. The van der Waals surface area contributed by atoms with Gasteiger partial charge in [0.2, 0.25) is 0 Å². The van der Waals surface area contributed by atoms with Gasteiger partial charge in [0.25, 0.3) is 0 Å². The van der Waals surface area contributed by atoms with E-state index in [4.69, 9.17) is 4.74 Å². The summed E-state index contributed by atoms with van der Waals surface area (Å²) >= 11 is 0. The Labute approximate surface area is 162 Å². The first-order valence-corrected chi connectivity index (χ1v) is 11.4. The number of carbonyl (C=O) groups is 2. The average molecular weight is 369 g/mol. The molecule has 3 heteroatoms. The summed E-state index contributed by atoms with van der Waals surface area (Å²) in [6, 6.07) is 0. The van der Waals surface area contributed by atoms with Gasteiger partial charge < -0.3 is 4.74 Å².